The first kappa shape index (κ1) is 25.8. The summed E-state index contributed by atoms with van der Waals surface area (Å²) in [6.07, 6.45) is 7.62. The number of nitrogens with zero attached hydrogens (tertiary/aromatic N) is 2. The fourth-order valence-corrected chi connectivity index (χ4v) is 4.82. The molecule has 6 nitrogen and oxygen atoms in total. The molecule has 2 heterocycles. The van der Waals surface area contributed by atoms with E-state index < -0.39 is 5.97 Å². The van der Waals surface area contributed by atoms with Gasteiger partial charge in [-0.2, -0.15) is 0 Å². The monoisotopic (exact) mass is 482 g/mol. The van der Waals surface area contributed by atoms with Crippen molar-refractivity contribution in [1.29, 1.82) is 0 Å². The number of amides is 1. The minimum atomic E-state index is -1.04. The molecule has 0 saturated heterocycles. The van der Waals surface area contributed by atoms with E-state index >= 15 is 0 Å². The Kier molecular flexibility index (Phi) is 8.73. The zero-order chi connectivity index (χ0) is 24.7. The minimum Gasteiger partial charge on any atom is -0.492 e. The summed E-state index contributed by atoms with van der Waals surface area (Å²) in [4.78, 5) is 32.2. The molecular weight excluding hydrogens is 448 g/mol. The maximum Gasteiger partial charge on any atom is 0.348 e. The van der Waals surface area contributed by atoms with Crippen LogP contribution in [0.2, 0.25) is 0 Å². The van der Waals surface area contributed by atoms with E-state index in [-0.39, 0.29) is 22.1 Å². The number of rotatable bonds is 8. The fourth-order valence-electron chi connectivity index (χ4n) is 3.97. The van der Waals surface area contributed by atoms with Gasteiger partial charge in [0.05, 0.1) is 23.4 Å². The molecular formula is C27H34N2O4S. The summed E-state index contributed by atoms with van der Waals surface area (Å²) < 4.78 is 5.75. The number of hydrogen-bond acceptors (Lipinski definition) is 5. The highest BCUT2D eigenvalue weighted by Gasteiger charge is 2.31. The van der Waals surface area contributed by atoms with Gasteiger partial charge < -0.3 is 14.7 Å². The Balaban J connectivity index is 1.84. The minimum absolute atomic E-state index is 0.00362. The van der Waals surface area contributed by atoms with Crippen molar-refractivity contribution < 1.29 is 19.4 Å². The van der Waals surface area contributed by atoms with Crippen molar-refractivity contribution in [2.24, 2.45) is 17.3 Å². The fraction of sp³-hybridized carbons (Fsp3) is 0.519. The van der Waals surface area contributed by atoms with Gasteiger partial charge in [0.2, 0.25) is 5.91 Å². The second-order valence-corrected chi connectivity index (χ2v) is 11.0. The predicted octanol–water partition coefficient (Wildman–Crippen LogP) is 5.87. The number of aromatic nitrogens is 1. The summed E-state index contributed by atoms with van der Waals surface area (Å²) in [6.45, 7) is 9.03. The van der Waals surface area contributed by atoms with E-state index in [2.05, 4.69) is 23.7 Å². The van der Waals surface area contributed by atoms with Gasteiger partial charge in [0.25, 0.3) is 0 Å². The SMILES string of the molecule is CC1CCC(C(=O)N(CCCOc2cccnc2)c2cc(C#CC(C)(C)C)sc2C(=O)O)CC1. The Morgan fingerprint density at radius 2 is 2.00 bits per heavy atom. The second-order valence-electron chi connectivity index (χ2n) is 9.97. The van der Waals surface area contributed by atoms with E-state index in [1.165, 1.54) is 0 Å². The van der Waals surface area contributed by atoms with Crippen molar-refractivity contribution in [2.75, 3.05) is 18.1 Å². The van der Waals surface area contributed by atoms with E-state index in [9.17, 15) is 14.7 Å². The summed E-state index contributed by atoms with van der Waals surface area (Å²) in [6, 6.07) is 5.40. The lowest BCUT2D eigenvalue weighted by atomic mass is 9.82. The molecule has 1 aliphatic carbocycles. The zero-order valence-electron chi connectivity index (χ0n) is 20.5. The molecule has 0 spiro atoms. The Labute approximate surface area is 206 Å². The predicted molar refractivity (Wildman–Crippen MR) is 135 cm³/mol. The van der Waals surface area contributed by atoms with Crippen molar-refractivity contribution >= 4 is 28.9 Å². The van der Waals surface area contributed by atoms with Crippen LogP contribution in [0.15, 0.2) is 30.6 Å². The normalized spacial score (nSPS) is 18.0. The molecule has 7 heteroatoms. The van der Waals surface area contributed by atoms with Crippen LogP contribution in [-0.2, 0) is 4.79 Å². The van der Waals surface area contributed by atoms with Gasteiger partial charge in [-0.05, 0) is 77.0 Å². The molecule has 0 radical (unpaired) electrons. The van der Waals surface area contributed by atoms with Gasteiger partial charge in [0.15, 0.2) is 0 Å². The van der Waals surface area contributed by atoms with Crippen LogP contribution in [0.4, 0.5) is 5.69 Å². The summed E-state index contributed by atoms with van der Waals surface area (Å²) in [5.74, 6) is 6.45. The molecule has 1 fully saturated rings. The Bertz CT molecular complexity index is 1040. The first-order valence-corrected chi connectivity index (χ1v) is 12.7. The highest BCUT2D eigenvalue weighted by Crippen LogP contribution is 2.35. The number of carboxylic acids is 1. The van der Waals surface area contributed by atoms with Gasteiger partial charge in [-0.15, -0.1) is 11.3 Å². The molecule has 0 atom stereocenters. The molecule has 0 aliphatic heterocycles. The molecule has 1 aliphatic rings. The van der Waals surface area contributed by atoms with Gasteiger partial charge in [0.1, 0.15) is 10.6 Å². The van der Waals surface area contributed by atoms with Crippen LogP contribution in [0.3, 0.4) is 0 Å². The molecule has 1 amide bonds. The average molecular weight is 483 g/mol. The Hall–Kier alpha value is -2.85. The zero-order valence-corrected chi connectivity index (χ0v) is 21.3. The van der Waals surface area contributed by atoms with Crippen LogP contribution in [-0.4, -0.2) is 35.1 Å². The van der Waals surface area contributed by atoms with Crippen molar-refractivity contribution in [3.63, 3.8) is 0 Å². The lowest BCUT2D eigenvalue weighted by molar-refractivity contribution is -0.123. The lowest BCUT2D eigenvalue weighted by Crippen LogP contribution is -2.39. The Morgan fingerprint density at radius 3 is 2.62 bits per heavy atom. The molecule has 0 unspecified atom stereocenters. The van der Waals surface area contributed by atoms with Crippen LogP contribution in [0.5, 0.6) is 5.75 Å². The van der Waals surface area contributed by atoms with E-state index in [1.807, 2.05) is 26.8 Å². The smallest absolute Gasteiger partial charge is 0.348 e. The molecule has 34 heavy (non-hydrogen) atoms. The molecule has 0 aromatic carbocycles. The number of ether oxygens (including phenoxy) is 1. The first-order valence-electron chi connectivity index (χ1n) is 11.9. The number of carbonyl (C=O) groups is 2. The largest absolute Gasteiger partial charge is 0.492 e. The van der Waals surface area contributed by atoms with Crippen molar-refractivity contribution in [2.45, 2.75) is 59.8 Å². The molecule has 3 rings (SSSR count). The van der Waals surface area contributed by atoms with Crippen molar-refractivity contribution in [3.05, 3.63) is 40.3 Å². The third-order valence-electron chi connectivity index (χ3n) is 5.82. The molecule has 0 bridgehead atoms. The number of hydrogen-bond donors (Lipinski definition) is 1. The highest BCUT2D eigenvalue weighted by molar-refractivity contribution is 7.15. The van der Waals surface area contributed by atoms with E-state index in [0.29, 0.717) is 41.8 Å². The standard InChI is InChI=1S/C27H34N2O4S/c1-19-8-10-20(11-9-19)25(30)29(15-6-16-33-21-7-5-14-28-18-21)23-17-22(12-13-27(2,3)4)34-24(23)26(31)32/h5,7,14,17-20H,6,8-11,15-16H2,1-4H3,(H,31,32). The van der Waals surface area contributed by atoms with Crippen LogP contribution in [0.25, 0.3) is 0 Å². The van der Waals surface area contributed by atoms with Crippen molar-refractivity contribution in [1.82, 2.24) is 4.98 Å². The Morgan fingerprint density at radius 1 is 1.26 bits per heavy atom. The topological polar surface area (TPSA) is 79.7 Å². The molecule has 2 aromatic heterocycles. The lowest BCUT2D eigenvalue weighted by Gasteiger charge is -2.31. The van der Waals surface area contributed by atoms with Gasteiger partial charge >= 0.3 is 5.97 Å². The molecule has 1 saturated carbocycles. The highest BCUT2D eigenvalue weighted by atomic mass is 32.1. The molecule has 1 N–H and O–H groups in total. The number of carbonyl (C=O) groups excluding carboxylic acids is 1. The number of anilines is 1. The van der Waals surface area contributed by atoms with Crippen molar-refractivity contribution in [3.8, 4) is 17.6 Å². The van der Waals surface area contributed by atoms with E-state index in [1.54, 1.807) is 29.4 Å². The van der Waals surface area contributed by atoms with E-state index in [4.69, 9.17) is 4.74 Å². The third kappa shape index (κ3) is 7.33. The number of thiophene rings is 1. The first-order chi connectivity index (χ1) is 16.1. The number of carboxylic acid groups (broad SMARTS) is 1. The van der Waals surface area contributed by atoms with Crippen LogP contribution < -0.4 is 9.64 Å². The summed E-state index contributed by atoms with van der Waals surface area (Å²) in [7, 11) is 0. The number of pyridine rings is 1. The van der Waals surface area contributed by atoms with Gasteiger partial charge in [-0.1, -0.05) is 18.8 Å². The maximum absolute atomic E-state index is 13.6. The summed E-state index contributed by atoms with van der Waals surface area (Å²) >= 11 is 1.13. The second kappa shape index (κ2) is 11.5. The van der Waals surface area contributed by atoms with Gasteiger partial charge in [-0.25, -0.2) is 4.79 Å². The molecule has 2 aromatic rings. The average Bonchev–Trinajstić information content (AvgIpc) is 3.22. The van der Waals surface area contributed by atoms with Gasteiger partial charge in [-0.3, -0.25) is 9.78 Å². The van der Waals surface area contributed by atoms with Crippen LogP contribution in [0.1, 0.15) is 74.3 Å². The van der Waals surface area contributed by atoms with Crippen LogP contribution >= 0.6 is 11.3 Å². The maximum atomic E-state index is 13.6. The van der Waals surface area contributed by atoms with E-state index in [0.717, 1.165) is 37.0 Å². The van der Waals surface area contributed by atoms with Gasteiger partial charge in [0, 0.05) is 24.1 Å². The van der Waals surface area contributed by atoms with Crippen LogP contribution in [0, 0.1) is 29.1 Å². The summed E-state index contributed by atoms with van der Waals surface area (Å²) in [5, 5.41) is 9.90. The quantitative estimate of drug-likeness (QED) is 0.376. The third-order valence-corrected chi connectivity index (χ3v) is 6.85. The summed E-state index contributed by atoms with van der Waals surface area (Å²) in [5.41, 5.74) is 0.242. The number of aromatic carboxylic acids is 1. The molecule has 182 valence electrons.